The van der Waals surface area contributed by atoms with E-state index in [1.54, 1.807) is 13.8 Å². The van der Waals surface area contributed by atoms with Crippen molar-refractivity contribution in [2.75, 3.05) is 5.88 Å². The second kappa shape index (κ2) is 6.42. The standard InChI is InChI=1S/C22H26ClF3O4/c1-10-6-11-12-7-13(24)17-18(25)14(27)4-5-19(17,2)21(12,26)15(28)8-20(11,3)22(10,30)16(29)9-23/h4-5,10-13,15,28,30H,6-9H2,1-3H3/t10-,11+,12+,13+,15+,19+,20+,21+,22+/m1/s1. The second-order valence-electron chi connectivity index (χ2n) is 9.91. The Kier molecular flexibility index (Phi) is 4.72. The lowest BCUT2D eigenvalue weighted by Gasteiger charge is -2.63. The van der Waals surface area contributed by atoms with E-state index in [-0.39, 0.29) is 12.8 Å². The van der Waals surface area contributed by atoms with Crippen molar-refractivity contribution in [1.82, 2.24) is 0 Å². The first-order valence-electron chi connectivity index (χ1n) is 10.3. The smallest absolute Gasteiger partial charge is 0.213 e. The fourth-order valence-electron chi connectivity index (χ4n) is 7.33. The molecule has 4 aliphatic rings. The van der Waals surface area contributed by atoms with Crippen molar-refractivity contribution in [3.05, 3.63) is 23.6 Å². The molecular formula is C22H26ClF3O4. The van der Waals surface area contributed by atoms with Crippen LogP contribution in [0.15, 0.2) is 23.6 Å². The molecule has 30 heavy (non-hydrogen) atoms. The fourth-order valence-corrected chi connectivity index (χ4v) is 7.53. The third-order valence-electron chi connectivity index (χ3n) is 8.83. The highest BCUT2D eigenvalue weighted by Gasteiger charge is 2.76. The van der Waals surface area contributed by atoms with Gasteiger partial charge in [-0.25, -0.2) is 13.2 Å². The first-order valence-corrected chi connectivity index (χ1v) is 10.8. The van der Waals surface area contributed by atoms with Crippen LogP contribution in [0.1, 0.15) is 40.0 Å². The molecule has 4 nitrogen and oxygen atoms in total. The van der Waals surface area contributed by atoms with Crippen molar-refractivity contribution in [3.8, 4) is 0 Å². The Morgan fingerprint density at radius 3 is 2.53 bits per heavy atom. The molecule has 0 aromatic rings. The molecule has 4 aliphatic carbocycles. The van der Waals surface area contributed by atoms with Crippen LogP contribution in [0.5, 0.6) is 0 Å². The van der Waals surface area contributed by atoms with Crippen molar-refractivity contribution < 1.29 is 33.0 Å². The summed E-state index contributed by atoms with van der Waals surface area (Å²) in [4.78, 5) is 24.4. The van der Waals surface area contributed by atoms with Gasteiger partial charge in [0.05, 0.1) is 12.0 Å². The molecule has 8 heteroatoms. The number of fused-ring (bicyclic) bond motifs is 5. The van der Waals surface area contributed by atoms with Crippen LogP contribution in [0.3, 0.4) is 0 Å². The SMILES string of the molecule is C[C@@H]1C[C@H]2[C@@H]3C[C@H](F)C4=C(F)C(=O)C=C[C@]4(C)[C@@]3(F)[C@@H](O)C[C@]2(C)[C@@]1(O)C(=O)CCl. The average molecular weight is 447 g/mol. The third-order valence-corrected chi connectivity index (χ3v) is 9.08. The zero-order chi connectivity index (χ0) is 22.4. The van der Waals surface area contributed by atoms with E-state index in [2.05, 4.69) is 0 Å². The number of allylic oxidation sites excluding steroid dienone is 4. The molecular weight excluding hydrogens is 421 g/mol. The fraction of sp³-hybridized carbons (Fsp3) is 0.727. The van der Waals surface area contributed by atoms with Gasteiger partial charge in [-0.05, 0) is 44.1 Å². The van der Waals surface area contributed by atoms with Crippen LogP contribution >= 0.6 is 11.6 Å². The summed E-state index contributed by atoms with van der Waals surface area (Å²) in [6.45, 7) is 4.60. The lowest BCUT2D eigenvalue weighted by molar-refractivity contribution is -0.223. The van der Waals surface area contributed by atoms with Gasteiger partial charge in [-0.2, -0.15) is 0 Å². The number of rotatable bonds is 2. The van der Waals surface area contributed by atoms with Gasteiger partial charge in [0.15, 0.2) is 17.3 Å². The highest BCUT2D eigenvalue weighted by Crippen LogP contribution is 2.71. The zero-order valence-electron chi connectivity index (χ0n) is 17.1. The summed E-state index contributed by atoms with van der Waals surface area (Å²) in [6.07, 6.45) is -2.04. The highest BCUT2D eigenvalue weighted by molar-refractivity contribution is 6.29. The minimum Gasteiger partial charge on any atom is -0.390 e. The number of hydrogen-bond donors (Lipinski definition) is 2. The summed E-state index contributed by atoms with van der Waals surface area (Å²) in [5, 5.41) is 22.5. The van der Waals surface area contributed by atoms with E-state index in [0.29, 0.717) is 0 Å². The normalized spacial score (nSPS) is 52.7. The first kappa shape index (κ1) is 22.0. The van der Waals surface area contributed by atoms with Gasteiger partial charge in [0.25, 0.3) is 0 Å². The van der Waals surface area contributed by atoms with Crippen molar-refractivity contribution >= 4 is 23.2 Å². The van der Waals surface area contributed by atoms with Crippen molar-refractivity contribution in [2.24, 2.45) is 28.6 Å². The maximum atomic E-state index is 16.9. The number of carbonyl (C=O) groups is 2. The molecule has 0 bridgehead atoms. The van der Waals surface area contributed by atoms with E-state index in [9.17, 15) is 24.2 Å². The Balaban J connectivity index is 1.89. The van der Waals surface area contributed by atoms with Gasteiger partial charge < -0.3 is 10.2 Å². The van der Waals surface area contributed by atoms with E-state index in [0.717, 1.165) is 12.2 Å². The quantitative estimate of drug-likeness (QED) is 0.638. The molecule has 0 radical (unpaired) electrons. The molecule has 0 saturated heterocycles. The molecule has 0 spiro atoms. The number of hydrogen-bond acceptors (Lipinski definition) is 4. The first-order chi connectivity index (χ1) is 13.8. The van der Waals surface area contributed by atoms with Gasteiger partial charge in [-0.3, -0.25) is 9.59 Å². The van der Waals surface area contributed by atoms with Gasteiger partial charge in [0, 0.05) is 22.3 Å². The summed E-state index contributed by atoms with van der Waals surface area (Å²) in [6, 6.07) is 0. The number of aliphatic hydroxyl groups excluding tert-OH is 1. The molecule has 9 atom stereocenters. The summed E-state index contributed by atoms with van der Waals surface area (Å²) < 4.78 is 46.8. The number of ketones is 2. The van der Waals surface area contributed by atoms with Crippen LogP contribution in [0, 0.1) is 28.6 Å². The van der Waals surface area contributed by atoms with E-state index in [1.165, 1.54) is 6.92 Å². The Labute approximate surface area is 178 Å². The van der Waals surface area contributed by atoms with Gasteiger partial charge in [-0.1, -0.05) is 19.9 Å². The zero-order valence-corrected chi connectivity index (χ0v) is 17.8. The van der Waals surface area contributed by atoms with Crippen LogP contribution in [0.25, 0.3) is 0 Å². The summed E-state index contributed by atoms with van der Waals surface area (Å²) in [5.41, 5.74) is -7.97. The van der Waals surface area contributed by atoms with Crippen molar-refractivity contribution in [1.29, 1.82) is 0 Å². The van der Waals surface area contributed by atoms with Crippen LogP contribution in [0.2, 0.25) is 0 Å². The number of carbonyl (C=O) groups excluding carboxylic acids is 2. The Morgan fingerprint density at radius 1 is 1.30 bits per heavy atom. The van der Waals surface area contributed by atoms with Crippen molar-refractivity contribution in [2.45, 2.75) is 63.6 Å². The van der Waals surface area contributed by atoms with E-state index in [4.69, 9.17) is 11.6 Å². The highest BCUT2D eigenvalue weighted by atomic mass is 35.5. The van der Waals surface area contributed by atoms with E-state index >= 15 is 8.78 Å². The molecule has 0 amide bonds. The molecule has 0 aromatic carbocycles. The molecule has 3 fully saturated rings. The predicted octanol–water partition coefficient (Wildman–Crippen LogP) is 3.39. The topological polar surface area (TPSA) is 74.6 Å². The summed E-state index contributed by atoms with van der Waals surface area (Å²) in [7, 11) is 0. The largest absolute Gasteiger partial charge is 0.390 e. The number of halogens is 4. The molecule has 0 unspecified atom stereocenters. The van der Waals surface area contributed by atoms with E-state index < -0.39 is 87.4 Å². The molecule has 0 heterocycles. The molecule has 0 aromatic heterocycles. The minimum atomic E-state index is -2.46. The monoisotopic (exact) mass is 446 g/mol. The minimum absolute atomic E-state index is 0.242. The van der Waals surface area contributed by atoms with Crippen LogP contribution in [0.4, 0.5) is 13.2 Å². The van der Waals surface area contributed by atoms with Gasteiger partial charge >= 0.3 is 0 Å². The van der Waals surface area contributed by atoms with Gasteiger partial charge in [0.2, 0.25) is 5.78 Å². The Morgan fingerprint density at radius 2 is 1.93 bits per heavy atom. The molecule has 2 N–H and O–H groups in total. The lowest BCUT2D eigenvalue weighted by atomic mass is 9.44. The molecule has 0 aliphatic heterocycles. The van der Waals surface area contributed by atoms with E-state index in [1.807, 2.05) is 0 Å². The van der Waals surface area contributed by atoms with Gasteiger partial charge in [-0.15, -0.1) is 11.6 Å². The van der Waals surface area contributed by atoms with Crippen LogP contribution in [-0.4, -0.2) is 51.2 Å². The second-order valence-corrected chi connectivity index (χ2v) is 10.2. The third kappa shape index (κ3) is 2.22. The Bertz CT molecular complexity index is 890. The molecule has 166 valence electrons. The Hall–Kier alpha value is -1.18. The summed E-state index contributed by atoms with van der Waals surface area (Å²) in [5.74, 6) is -5.65. The van der Waals surface area contributed by atoms with Crippen molar-refractivity contribution in [3.63, 3.8) is 0 Å². The number of aliphatic hydroxyl groups is 2. The van der Waals surface area contributed by atoms with Crippen LogP contribution in [-0.2, 0) is 9.59 Å². The number of Topliss-reactive ketones (excluding diaryl/α,β-unsaturated/α-hetero) is 1. The number of alkyl halides is 3. The van der Waals surface area contributed by atoms with Crippen LogP contribution < -0.4 is 0 Å². The maximum absolute atomic E-state index is 16.9. The van der Waals surface area contributed by atoms with Gasteiger partial charge in [0.1, 0.15) is 11.8 Å². The molecule has 4 rings (SSSR count). The lowest BCUT2D eigenvalue weighted by Crippen LogP contribution is -2.70. The molecule has 3 saturated carbocycles. The predicted molar refractivity (Wildman–Crippen MR) is 104 cm³/mol. The maximum Gasteiger partial charge on any atom is 0.213 e. The average Bonchev–Trinajstić information content (AvgIpc) is 2.88. The summed E-state index contributed by atoms with van der Waals surface area (Å²) >= 11 is 5.75.